The van der Waals surface area contributed by atoms with Crippen LogP contribution in [0.5, 0.6) is 0 Å². The lowest BCUT2D eigenvalue weighted by Crippen LogP contribution is -2.20. The summed E-state index contributed by atoms with van der Waals surface area (Å²) in [5.41, 5.74) is 3.42. The Morgan fingerprint density at radius 1 is 1.15 bits per heavy atom. The number of benzene rings is 2. The van der Waals surface area contributed by atoms with E-state index in [1.165, 1.54) is 16.0 Å². The van der Waals surface area contributed by atoms with Crippen LogP contribution < -0.4 is 5.32 Å². The second-order valence-electron chi connectivity index (χ2n) is 4.47. The van der Waals surface area contributed by atoms with Crippen LogP contribution in [0.15, 0.2) is 53.4 Å². The molecular weight excluding hydrogens is 290 g/mol. The van der Waals surface area contributed by atoms with Crippen molar-refractivity contribution in [1.29, 1.82) is 0 Å². The van der Waals surface area contributed by atoms with E-state index < -0.39 is 6.10 Å². The highest BCUT2D eigenvalue weighted by Gasteiger charge is 2.04. The van der Waals surface area contributed by atoms with Crippen molar-refractivity contribution in [3.63, 3.8) is 0 Å². The van der Waals surface area contributed by atoms with Crippen molar-refractivity contribution in [3.05, 3.63) is 48.5 Å². The predicted molar refractivity (Wildman–Crippen MR) is 88.9 cm³/mol. The number of aliphatic hydroxyl groups excluding tert-OH is 1. The van der Waals surface area contributed by atoms with Gasteiger partial charge in [0, 0.05) is 17.1 Å². The van der Waals surface area contributed by atoms with E-state index in [-0.39, 0.29) is 5.88 Å². The Morgan fingerprint density at radius 3 is 2.50 bits per heavy atom. The summed E-state index contributed by atoms with van der Waals surface area (Å²) in [4.78, 5) is 1.27. The molecule has 0 aliphatic carbocycles. The van der Waals surface area contributed by atoms with Gasteiger partial charge in [0.1, 0.15) is 0 Å². The van der Waals surface area contributed by atoms with Gasteiger partial charge in [-0.1, -0.05) is 30.3 Å². The van der Waals surface area contributed by atoms with E-state index >= 15 is 0 Å². The Hall–Kier alpha value is -1.16. The molecule has 4 heteroatoms. The molecule has 1 unspecified atom stereocenters. The predicted octanol–water partition coefficient (Wildman–Crippen LogP) is 4.09. The molecule has 2 aromatic rings. The fourth-order valence-corrected chi connectivity index (χ4v) is 2.67. The monoisotopic (exact) mass is 307 g/mol. The highest BCUT2D eigenvalue weighted by Crippen LogP contribution is 2.30. The zero-order chi connectivity index (χ0) is 14.4. The third kappa shape index (κ3) is 3.92. The van der Waals surface area contributed by atoms with Crippen molar-refractivity contribution < 1.29 is 5.11 Å². The van der Waals surface area contributed by atoms with Gasteiger partial charge in [0.05, 0.1) is 12.0 Å². The zero-order valence-electron chi connectivity index (χ0n) is 11.3. The number of rotatable bonds is 6. The Balaban J connectivity index is 2.11. The molecule has 0 heterocycles. The van der Waals surface area contributed by atoms with Gasteiger partial charge >= 0.3 is 0 Å². The van der Waals surface area contributed by atoms with E-state index in [0.717, 1.165) is 5.69 Å². The number of aliphatic hydroxyl groups is 1. The van der Waals surface area contributed by atoms with E-state index in [9.17, 15) is 5.11 Å². The van der Waals surface area contributed by atoms with Crippen molar-refractivity contribution in [2.45, 2.75) is 11.0 Å². The van der Waals surface area contributed by atoms with Crippen LogP contribution in [0.2, 0.25) is 0 Å². The van der Waals surface area contributed by atoms with Gasteiger partial charge in [-0.25, -0.2) is 0 Å². The first-order chi connectivity index (χ1) is 9.74. The lowest BCUT2D eigenvalue weighted by atomic mass is 10.1. The van der Waals surface area contributed by atoms with Gasteiger partial charge in [-0.2, -0.15) is 0 Å². The summed E-state index contributed by atoms with van der Waals surface area (Å²) >= 11 is 7.31. The van der Waals surface area contributed by atoms with Crippen LogP contribution in [0.4, 0.5) is 5.69 Å². The summed E-state index contributed by atoms with van der Waals surface area (Å²) in [7, 11) is 0. The van der Waals surface area contributed by atoms with Crippen molar-refractivity contribution in [1.82, 2.24) is 0 Å². The van der Waals surface area contributed by atoms with Crippen molar-refractivity contribution in [3.8, 4) is 11.1 Å². The summed E-state index contributed by atoms with van der Waals surface area (Å²) in [6.07, 6.45) is 1.57. The molecule has 0 bridgehead atoms. The molecule has 2 aromatic carbocycles. The van der Waals surface area contributed by atoms with Gasteiger partial charge in [-0.05, 0) is 35.6 Å². The molecule has 0 spiro atoms. The average Bonchev–Trinajstić information content (AvgIpc) is 2.53. The number of hydrogen-bond donors (Lipinski definition) is 2. The molecule has 106 valence electrons. The standard InChI is InChI=1S/C16H18ClNOS/c1-20-16-5-3-2-4-15(16)12-6-8-13(9-7-12)18-11-14(19)10-17/h2-9,14,18-19H,10-11H2,1H3. The summed E-state index contributed by atoms with van der Waals surface area (Å²) in [6, 6.07) is 16.6. The molecule has 0 aromatic heterocycles. The molecule has 2 nitrogen and oxygen atoms in total. The SMILES string of the molecule is CSc1ccccc1-c1ccc(NCC(O)CCl)cc1. The highest BCUT2D eigenvalue weighted by atomic mass is 35.5. The van der Waals surface area contributed by atoms with Crippen molar-refractivity contribution in [2.75, 3.05) is 24.0 Å². The first-order valence-electron chi connectivity index (χ1n) is 6.46. The third-order valence-electron chi connectivity index (χ3n) is 3.02. The number of thioether (sulfide) groups is 1. The topological polar surface area (TPSA) is 32.3 Å². The van der Waals surface area contributed by atoms with Gasteiger partial charge < -0.3 is 10.4 Å². The summed E-state index contributed by atoms with van der Waals surface area (Å²) in [6.45, 7) is 0.463. The molecule has 2 N–H and O–H groups in total. The molecule has 2 rings (SSSR count). The first-order valence-corrected chi connectivity index (χ1v) is 8.22. The third-order valence-corrected chi connectivity index (χ3v) is 4.17. The molecule has 0 saturated carbocycles. The van der Waals surface area contributed by atoms with E-state index in [0.29, 0.717) is 6.54 Å². The second-order valence-corrected chi connectivity index (χ2v) is 5.62. The van der Waals surface area contributed by atoms with Crippen molar-refractivity contribution >= 4 is 29.1 Å². The molecule has 0 fully saturated rings. The lowest BCUT2D eigenvalue weighted by molar-refractivity contribution is 0.211. The second kappa shape index (κ2) is 7.58. The van der Waals surface area contributed by atoms with E-state index in [1.54, 1.807) is 11.8 Å². The number of halogens is 1. The maximum Gasteiger partial charge on any atom is 0.0847 e. The largest absolute Gasteiger partial charge is 0.390 e. The fourth-order valence-electron chi connectivity index (χ4n) is 1.94. The Morgan fingerprint density at radius 2 is 1.85 bits per heavy atom. The van der Waals surface area contributed by atoms with E-state index in [1.807, 2.05) is 12.1 Å². The maximum absolute atomic E-state index is 9.42. The smallest absolute Gasteiger partial charge is 0.0847 e. The van der Waals surface area contributed by atoms with Crippen LogP contribution in [-0.2, 0) is 0 Å². The quantitative estimate of drug-likeness (QED) is 0.623. The summed E-state index contributed by atoms with van der Waals surface area (Å²) < 4.78 is 0. The number of hydrogen-bond acceptors (Lipinski definition) is 3. The van der Waals surface area contributed by atoms with Gasteiger partial charge in [0.15, 0.2) is 0 Å². The molecule has 0 aliphatic rings. The minimum Gasteiger partial charge on any atom is -0.390 e. The van der Waals surface area contributed by atoms with Crippen LogP contribution in [0, 0.1) is 0 Å². The highest BCUT2D eigenvalue weighted by molar-refractivity contribution is 7.98. The Labute approximate surface area is 129 Å². The van der Waals surface area contributed by atoms with Crippen LogP contribution in [0.3, 0.4) is 0 Å². The number of alkyl halides is 1. The molecule has 1 atom stereocenters. The van der Waals surface area contributed by atoms with Crippen LogP contribution in [0.1, 0.15) is 0 Å². The molecule has 20 heavy (non-hydrogen) atoms. The van der Waals surface area contributed by atoms with Gasteiger partial charge in [-0.15, -0.1) is 23.4 Å². The number of anilines is 1. The lowest BCUT2D eigenvalue weighted by Gasteiger charge is -2.11. The summed E-state index contributed by atoms with van der Waals surface area (Å²) in [5, 5.41) is 12.6. The van der Waals surface area contributed by atoms with Gasteiger partial charge in [0.2, 0.25) is 0 Å². The molecular formula is C16H18ClNOS. The molecule has 0 amide bonds. The van der Waals surface area contributed by atoms with E-state index in [2.05, 4.69) is 48.0 Å². The Bertz CT molecular complexity index is 544. The number of nitrogens with one attached hydrogen (secondary N) is 1. The zero-order valence-corrected chi connectivity index (χ0v) is 12.9. The Kier molecular flexibility index (Phi) is 5.77. The maximum atomic E-state index is 9.42. The molecule has 0 saturated heterocycles. The average molecular weight is 308 g/mol. The minimum atomic E-state index is -0.520. The van der Waals surface area contributed by atoms with Crippen LogP contribution in [-0.4, -0.2) is 29.9 Å². The molecule has 0 aliphatic heterocycles. The van der Waals surface area contributed by atoms with Gasteiger partial charge in [0.25, 0.3) is 0 Å². The first kappa shape index (κ1) is 15.2. The fraction of sp³-hybridized carbons (Fsp3) is 0.250. The van der Waals surface area contributed by atoms with Crippen LogP contribution >= 0.6 is 23.4 Å². The minimum absolute atomic E-state index is 0.242. The molecule has 0 radical (unpaired) electrons. The van der Waals surface area contributed by atoms with Crippen LogP contribution in [0.25, 0.3) is 11.1 Å². The van der Waals surface area contributed by atoms with Crippen molar-refractivity contribution in [2.24, 2.45) is 0 Å². The summed E-state index contributed by atoms with van der Waals surface area (Å²) in [5.74, 6) is 0.242. The normalized spacial score (nSPS) is 12.2. The van der Waals surface area contributed by atoms with E-state index in [4.69, 9.17) is 11.6 Å². The van der Waals surface area contributed by atoms with Gasteiger partial charge in [-0.3, -0.25) is 0 Å².